The maximum atomic E-state index is 6.26. The van der Waals surface area contributed by atoms with Crippen molar-refractivity contribution in [3.05, 3.63) is 5.69 Å². The van der Waals surface area contributed by atoms with E-state index >= 15 is 0 Å². The second-order valence-electron chi connectivity index (χ2n) is 5.93. The molecular formula is C14H26N4. The molecule has 4 nitrogen and oxygen atoms in total. The Labute approximate surface area is 110 Å². The zero-order valence-corrected chi connectivity index (χ0v) is 12.1. The van der Waals surface area contributed by atoms with Gasteiger partial charge in [-0.25, -0.2) is 0 Å². The molecule has 4 heteroatoms. The van der Waals surface area contributed by atoms with Crippen molar-refractivity contribution in [2.45, 2.75) is 45.4 Å². The van der Waals surface area contributed by atoms with E-state index in [-0.39, 0.29) is 0 Å². The van der Waals surface area contributed by atoms with Gasteiger partial charge < -0.3 is 10.6 Å². The van der Waals surface area contributed by atoms with Gasteiger partial charge in [-0.2, -0.15) is 5.10 Å². The van der Waals surface area contributed by atoms with Crippen LogP contribution >= 0.6 is 0 Å². The average Bonchev–Trinajstić information content (AvgIpc) is 2.86. The van der Waals surface area contributed by atoms with Gasteiger partial charge in [0.05, 0.1) is 11.4 Å². The third kappa shape index (κ3) is 2.47. The molecule has 2 N–H and O–H groups in total. The van der Waals surface area contributed by atoms with Gasteiger partial charge in [-0.15, -0.1) is 0 Å². The molecule has 0 aromatic carbocycles. The molecule has 0 radical (unpaired) electrons. The Morgan fingerprint density at radius 1 is 1.39 bits per heavy atom. The molecule has 102 valence electrons. The highest BCUT2D eigenvalue weighted by Gasteiger charge is 2.22. The summed E-state index contributed by atoms with van der Waals surface area (Å²) >= 11 is 0. The van der Waals surface area contributed by atoms with E-state index in [1.807, 2.05) is 11.7 Å². The minimum atomic E-state index is 0.379. The molecule has 1 heterocycles. The zero-order chi connectivity index (χ0) is 13.3. The summed E-state index contributed by atoms with van der Waals surface area (Å²) in [6, 6.07) is 0. The number of aryl methyl sites for hydroxylation is 1. The van der Waals surface area contributed by atoms with Crippen LogP contribution in [0.15, 0.2) is 0 Å². The summed E-state index contributed by atoms with van der Waals surface area (Å²) in [5.74, 6) is 2.28. The van der Waals surface area contributed by atoms with Gasteiger partial charge in [0, 0.05) is 20.6 Å². The molecule has 0 atom stereocenters. The van der Waals surface area contributed by atoms with Crippen LogP contribution in [-0.4, -0.2) is 23.4 Å². The lowest BCUT2D eigenvalue weighted by Gasteiger charge is -2.23. The third-order valence-electron chi connectivity index (χ3n) is 4.00. The summed E-state index contributed by atoms with van der Waals surface area (Å²) in [5.41, 5.74) is 8.13. The van der Waals surface area contributed by atoms with E-state index in [1.54, 1.807) is 0 Å². The summed E-state index contributed by atoms with van der Waals surface area (Å²) in [4.78, 5) is 2.28. The van der Waals surface area contributed by atoms with E-state index in [2.05, 4.69) is 30.9 Å². The van der Waals surface area contributed by atoms with Gasteiger partial charge in [0.15, 0.2) is 0 Å². The van der Waals surface area contributed by atoms with Crippen molar-refractivity contribution in [2.75, 3.05) is 24.2 Å². The first-order valence-corrected chi connectivity index (χ1v) is 7.04. The minimum absolute atomic E-state index is 0.379. The van der Waals surface area contributed by atoms with Gasteiger partial charge >= 0.3 is 0 Å². The third-order valence-corrected chi connectivity index (χ3v) is 4.00. The first kappa shape index (κ1) is 13.2. The fourth-order valence-corrected chi connectivity index (χ4v) is 3.10. The monoisotopic (exact) mass is 250 g/mol. The number of nitrogens with two attached hydrogens (primary N) is 1. The maximum absolute atomic E-state index is 6.26. The number of nitrogen functional groups attached to an aromatic ring is 1. The van der Waals surface area contributed by atoms with E-state index in [9.17, 15) is 0 Å². The van der Waals surface area contributed by atoms with E-state index < -0.39 is 0 Å². The second kappa shape index (κ2) is 5.21. The second-order valence-corrected chi connectivity index (χ2v) is 5.93. The number of hydrogen-bond donors (Lipinski definition) is 1. The molecule has 0 spiro atoms. The largest absolute Gasteiger partial charge is 0.394 e. The zero-order valence-electron chi connectivity index (χ0n) is 12.1. The van der Waals surface area contributed by atoms with Gasteiger partial charge in [-0.3, -0.25) is 4.68 Å². The minimum Gasteiger partial charge on any atom is -0.394 e. The van der Waals surface area contributed by atoms with Gasteiger partial charge in [0.1, 0.15) is 5.82 Å². The van der Waals surface area contributed by atoms with E-state index in [0.717, 1.165) is 29.7 Å². The molecule has 0 amide bonds. The van der Waals surface area contributed by atoms with E-state index in [0.29, 0.717) is 5.92 Å². The number of anilines is 2. The molecule has 1 aliphatic carbocycles. The van der Waals surface area contributed by atoms with Gasteiger partial charge in [-0.1, -0.05) is 26.7 Å². The normalized spacial score (nSPS) is 16.7. The van der Waals surface area contributed by atoms with Crippen LogP contribution < -0.4 is 10.6 Å². The summed E-state index contributed by atoms with van der Waals surface area (Å²) in [5, 5.41) is 4.56. The van der Waals surface area contributed by atoms with Crippen LogP contribution in [0.5, 0.6) is 0 Å². The topological polar surface area (TPSA) is 47.1 Å². The Morgan fingerprint density at radius 2 is 2.00 bits per heavy atom. The van der Waals surface area contributed by atoms with Gasteiger partial charge in [0.2, 0.25) is 0 Å². The van der Waals surface area contributed by atoms with Crippen molar-refractivity contribution in [1.29, 1.82) is 0 Å². The van der Waals surface area contributed by atoms with Crippen LogP contribution in [0.25, 0.3) is 0 Å². The van der Waals surface area contributed by atoms with Crippen molar-refractivity contribution >= 4 is 11.5 Å². The molecule has 18 heavy (non-hydrogen) atoms. The number of nitrogens with zero attached hydrogens (tertiary/aromatic N) is 3. The molecule has 1 saturated carbocycles. The Hall–Kier alpha value is -1.19. The quantitative estimate of drug-likeness (QED) is 0.894. The highest BCUT2D eigenvalue weighted by molar-refractivity contribution is 5.66. The summed E-state index contributed by atoms with van der Waals surface area (Å²) in [6.07, 6.45) is 5.49. The molecule has 0 unspecified atom stereocenters. The lowest BCUT2D eigenvalue weighted by atomic mass is 10.1. The predicted octanol–water partition coefficient (Wildman–Crippen LogP) is 2.75. The van der Waals surface area contributed by atoms with E-state index in [4.69, 9.17) is 5.73 Å². The fraction of sp³-hybridized carbons (Fsp3) is 0.786. The molecule has 1 aromatic heterocycles. The van der Waals surface area contributed by atoms with Crippen molar-refractivity contribution in [1.82, 2.24) is 9.78 Å². The lowest BCUT2D eigenvalue weighted by molar-refractivity contribution is 0.539. The number of aromatic nitrogens is 2. The van der Waals surface area contributed by atoms with Crippen molar-refractivity contribution in [3.8, 4) is 0 Å². The molecule has 2 rings (SSSR count). The molecule has 1 fully saturated rings. The van der Waals surface area contributed by atoms with Crippen molar-refractivity contribution in [3.63, 3.8) is 0 Å². The number of rotatable bonds is 4. The van der Waals surface area contributed by atoms with Crippen LogP contribution in [0, 0.1) is 5.92 Å². The van der Waals surface area contributed by atoms with Gasteiger partial charge in [-0.05, 0) is 24.7 Å². The Balaban J connectivity index is 2.16. The highest BCUT2D eigenvalue weighted by Crippen LogP contribution is 2.32. The van der Waals surface area contributed by atoms with E-state index in [1.165, 1.54) is 25.7 Å². The molecule has 1 aromatic rings. The van der Waals surface area contributed by atoms with Gasteiger partial charge in [0.25, 0.3) is 0 Å². The highest BCUT2D eigenvalue weighted by atomic mass is 15.4. The molecular weight excluding hydrogens is 224 g/mol. The van der Waals surface area contributed by atoms with Crippen molar-refractivity contribution < 1.29 is 0 Å². The summed E-state index contributed by atoms with van der Waals surface area (Å²) in [6.45, 7) is 5.38. The van der Waals surface area contributed by atoms with Crippen LogP contribution in [0.1, 0.15) is 51.1 Å². The van der Waals surface area contributed by atoms with Crippen LogP contribution in [-0.2, 0) is 7.05 Å². The molecule has 0 aliphatic heterocycles. The predicted molar refractivity (Wildman–Crippen MR) is 76.9 cm³/mol. The SMILES string of the molecule is CC(C)c1nn(C)c(N(C)CC2CCCC2)c1N. The van der Waals surface area contributed by atoms with Crippen LogP contribution in [0.2, 0.25) is 0 Å². The Kier molecular flexibility index (Phi) is 3.83. The van der Waals surface area contributed by atoms with Crippen molar-refractivity contribution in [2.24, 2.45) is 13.0 Å². The lowest BCUT2D eigenvalue weighted by Crippen LogP contribution is -2.26. The first-order valence-electron chi connectivity index (χ1n) is 7.04. The standard InChI is InChI=1S/C14H26N4/c1-10(2)13-12(15)14(18(4)16-13)17(3)9-11-7-5-6-8-11/h10-11H,5-9,15H2,1-4H3. The maximum Gasteiger partial charge on any atom is 0.150 e. The smallest absolute Gasteiger partial charge is 0.150 e. The Morgan fingerprint density at radius 3 is 2.50 bits per heavy atom. The van der Waals surface area contributed by atoms with Crippen LogP contribution in [0.4, 0.5) is 11.5 Å². The molecule has 1 aliphatic rings. The fourth-order valence-electron chi connectivity index (χ4n) is 3.10. The summed E-state index contributed by atoms with van der Waals surface area (Å²) < 4.78 is 1.93. The summed E-state index contributed by atoms with van der Waals surface area (Å²) in [7, 11) is 4.12. The molecule has 0 bridgehead atoms. The van der Waals surface area contributed by atoms with Crippen LogP contribution in [0.3, 0.4) is 0 Å². The average molecular weight is 250 g/mol. The first-order chi connectivity index (χ1) is 8.50. The molecule has 0 saturated heterocycles. The Bertz CT molecular complexity index is 402. The number of hydrogen-bond acceptors (Lipinski definition) is 3.